The van der Waals surface area contributed by atoms with Gasteiger partial charge in [-0.25, -0.2) is 4.98 Å². The number of phenols is 1. The molecular formula is C22H23N3O3S2. The van der Waals surface area contributed by atoms with Gasteiger partial charge in [-0.2, -0.15) is 0 Å². The number of hydrogen-bond acceptors (Lipinski definition) is 6. The van der Waals surface area contributed by atoms with E-state index in [-0.39, 0.29) is 17.6 Å². The van der Waals surface area contributed by atoms with Crippen molar-refractivity contribution in [1.29, 1.82) is 0 Å². The fraction of sp³-hybridized carbons (Fsp3) is 0.227. The number of benzene rings is 2. The Bertz CT molecular complexity index is 1000. The van der Waals surface area contributed by atoms with E-state index < -0.39 is 0 Å². The van der Waals surface area contributed by atoms with Crippen molar-refractivity contribution < 1.29 is 14.7 Å². The van der Waals surface area contributed by atoms with Crippen molar-refractivity contribution >= 4 is 34.9 Å². The van der Waals surface area contributed by atoms with Crippen LogP contribution in [0.4, 0.5) is 0 Å². The number of thioether (sulfide) groups is 1. The zero-order chi connectivity index (χ0) is 21.3. The summed E-state index contributed by atoms with van der Waals surface area (Å²) in [6.07, 6.45) is 0.608. The smallest absolute Gasteiger partial charge is 0.251 e. The average molecular weight is 442 g/mol. The maximum atomic E-state index is 12.3. The van der Waals surface area contributed by atoms with Gasteiger partial charge in [-0.1, -0.05) is 6.07 Å². The van der Waals surface area contributed by atoms with E-state index in [0.29, 0.717) is 30.6 Å². The van der Waals surface area contributed by atoms with Crippen LogP contribution in [0.5, 0.6) is 5.75 Å². The van der Waals surface area contributed by atoms with Gasteiger partial charge in [0.1, 0.15) is 5.75 Å². The van der Waals surface area contributed by atoms with Crippen LogP contribution in [0.1, 0.15) is 37.8 Å². The van der Waals surface area contributed by atoms with Gasteiger partial charge in [0.05, 0.1) is 10.7 Å². The Kier molecular flexibility index (Phi) is 7.87. The highest BCUT2D eigenvalue weighted by Crippen LogP contribution is 2.23. The van der Waals surface area contributed by atoms with Gasteiger partial charge in [0.2, 0.25) is 0 Å². The first-order chi connectivity index (χ1) is 14.5. The molecule has 3 N–H and O–H groups in total. The van der Waals surface area contributed by atoms with Crippen LogP contribution in [0.2, 0.25) is 0 Å². The van der Waals surface area contributed by atoms with E-state index in [0.717, 1.165) is 21.3 Å². The molecule has 2 aromatic carbocycles. The first-order valence-corrected chi connectivity index (χ1v) is 11.4. The Morgan fingerprint density at radius 1 is 1.03 bits per heavy atom. The average Bonchev–Trinajstić information content (AvgIpc) is 3.17. The van der Waals surface area contributed by atoms with Crippen LogP contribution in [-0.4, -0.2) is 35.0 Å². The summed E-state index contributed by atoms with van der Waals surface area (Å²) in [5.41, 5.74) is 2.08. The van der Waals surface area contributed by atoms with Crippen molar-refractivity contribution in [2.24, 2.45) is 0 Å². The monoisotopic (exact) mass is 441 g/mol. The maximum absolute atomic E-state index is 12.3. The van der Waals surface area contributed by atoms with Gasteiger partial charge in [-0.15, -0.1) is 23.1 Å². The van der Waals surface area contributed by atoms with Crippen molar-refractivity contribution in [3.8, 4) is 5.75 Å². The van der Waals surface area contributed by atoms with Gasteiger partial charge in [-0.3, -0.25) is 9.59 Å². The third kappa shape index (κ3) is 6.60. The molecule has 8 heteroatoms. The van der Waals surface area contributed by atoms with Crippen LogP contribution in [0.25, 0.3) is 0 Å². The quantitative estimate of drug-likeness (QED) is 0.345. The highest BCUT2D eigenvalue weighted by Gasteiger charge is 2.07. The molecule has 0 bridgehead atoms. The first-order valence-electron chi connectivity index (χ1n) is 9.50. The molecule has 3 rings (SSSR count). The fourth-order valence-corrected chi connectivity index (χ4v) is 4.19. The molecule has 0 aliphatic rings. The van der Waals surface area contributed by atoms with Gasteiger partial charge in [0.15, 0.2) is 0 Å². The van der Waals surface area contributed by atoms with Crippen molar-refractivity contribution in [3.05, 3.63) is 75.7 Å². The second-order valence-electron chi connectivity index (χ2n) is 6.59. The summed E-state index contributed by atoms with van der Waals surface area (Å²) in [5.74, 6) is 0.473. The van der Waals surface area contributed by atoms with E-state index >= 15 is 0 Å². The topological polar surface area (TPSA) is 91.3 Å². The zero-order valence-electron chi connectivity index (χ0n) is 16.6. The standard InChI is InChI=1S/C22H23N3O3S2/c1-15-25-18(13-29-15)14-30-20-8-6-16(7-9-20)21(27)23-10-3-11-24-22(28)17-4-2-5-19(26)12-17/h2,4-9,12-13,26H,3,10-11,14H2,1H3,(H,23,27)(H,24,28). The van der Waals surface area contributed by atoms with Gasteiger partial charge in [0, 0.05) is 40.2 Å². The largest absolute Gasteiger partial charge is 0.508 e. The lowest BCUT2D eigenvalue weighted by Crippen LogP contribution is -2.29. The molecule has 1 aromatic heterocycles. The van der Waals surface area contributed by atoms with Gasteiger partial charge in [-0.05, 0) is 55.8 Å². The van der Waals surface area contributed by atoms with Crippen molar-refractivity contribution in [1.82, 2.24) is 15.6 Å². The fourth-order valence-electron chi connectivity index (χ4n) is 2.68. The second kappa shape index (κ2) is 10.8. The number of aryl methyl sites for hydroxylation is 1. The number of carbonyl (C=O) groups is 2. The Labute approximate surface area is 183 Å². The van der Waals surface area contributed by atoms with Crippen LogP contribution in [-0.2, 0) is 5.75 Å². The highest BCUT2D eigenvalue weighted by molar-refractivity contribution is 7.98. The molecule has 6 nitrogen and oxygen atoms in total. The third-order valence-corrected chi connectivity index (χ3v) is 6.07. The first kappa shape index (κ1) is 21.9. The molecule has 0 aliphatic carbocycles. The Morgan fingerprint density at radius 3 is 2.37 bits per heavy atom. The van der Waals surface area contributed by atoms with E-state index in [4.69, 9.17) is 0 Å². The summed E-state index contributed by atoms with van der Waals surface area (Å²) in [6.45, 7) is 2.88. The Balaban J connectivity index is 1.36. The van der Waals surface area contributed by atoms with E-state index in [1.54, 1.807) is 35.2 Å². The zero-order valence-corrected chi connectivity index (χ0v) is 18.2. The van der Waals surface area contributed by atoms with E-state index in [9.17, 15) is 14.7 Å². The molecule has 1 heterocycles. The number of nitrogens with zero attached hydrogens (tertiary/aromatic N) is 1. The highest BCUT2D eigenvalue weighted by atomic mass is 32.2. The molecule has 0 saturated heterocycles. The summed E-state index contributed by atoms with van der Waals surface area (Å²) in [5, 5.41) is 18.2. The van der Waals surface area contributed by atoms with Crippen LogP contribution in [0, 0.1) is 6.92 Å². The maximum Gasteiger partial charge on any atom is 0.251 e. The van der Waals surface area contributed by atoms with Crippen molar-refractivity contribution in [3.63, 3.8) is 0 Å². The number of aromatic nitrogens is 1. The summed E-state index contributed by atoms with van der Waals surface area (Å²) >= 11 is 3.34. The molecule has 0 saturated carbocycles. The lowest BCUT2D eigenvalue weighted by molar-refractivity contribution is 0.0951. The van der Waals surface area contributed by atoms with Gasteiger partial charge < -0.3 is 15.7 Å². The Hall–Kier alpha value is -2.84. The molecule has 0 aliphatic heterocycles. The van der Waals surface area contributed by atoms with E-state index in [1.165, 1.54) is 12.1 Å². The molecule has 3 aromatic rings. The summed E-state index contributed by atoms with van der Waals surface area (Å²) in [7, 11) is 0. The molecule has 0 radical (unpaired) electrons. The minimum absolute atomic E-state index is 0.0533. The lowest BCUT2D eigenvalue weighted by Gasteiger charge is -2.08. The van der Waals surface area contributed by atoms with E-state index in [2.05, 4.69) is 21.0 Å². The van der Waals surface area contributed by atoms with Gasteiger partial charge >= 0.3 is 0 Å². The number of carbonyl (C=O) groups excluding carboxylic acids is 2. The minimum atomic E-state index is -0.252. The van der Waals surface area contributed by atoms with Crippen LogP contribution in [0.3, 0.4) is 0 Å². The molecule has 0 atom stereocenters. The van der Waals surface area contributed by atoms with Crippen LogP contribution < -0.4 is 10.6 Å². The van der Waals surface area contributed by atoms with E-state index in [1.807, 2.05) is 31.2 Å². The number of amides is 2. The van der Waals surface area contributed by atoms with Crippen molar-refractivity contribution in [2.75, 3.05) is 13.1 Å². The predicted octanol–water partition coefficient (Wildman–Crippen LogP) is 4.00. The SMILES string of the molecule is Cc1nc(CSc2ccc(C(=O)NCCCNC(=O)c3cccc(O)c3)cc2)cs1. The predicted molar refractivity (Wildman–Crippen MR) is 120 cm³/mol. The summed E-state index contributed by atoms with van der Waals surface area (Å²) < 4.78 is 0. The summed E-state index contributed by atoms with van der Waals surface area (Å²) in [4.78, 5) is 29.8. The number of thiazole rings is 1. The minimum Gasteiger partial charge on any atom is -0.508 e. The summed E-state index contributed by atoms with van der Waals surface area (Å²) in [6, 6.07) is 13.7. The van der Waals surface area contributed by atoms with Crippen LogP contribution >= 0.6 is 23.1 Å². The Morgan fingerprint density at radius 2 is 1.73 bits per heavy atom. The number of aromatic hydroxyl groups is 1. The lowest BCUT2D eigenvalue weighted by atomic mass is 10.2. The van der Waals surface area contributed by atoms with Gasteiger partial charge in [0.25, 0.3) is 11.8 Å². The molecule has 2 amide bonds. The number of rotatable bonds is 9. The number of hydrogen-bond donors (Lipinski definition) is 3. The molecule has 0 unspecified atom stereocenters. The van der Waals surface area contributed by atoms with Crippen molar-refractivity contribution in [2.45, 2.75) is 24.0 Å². The third-order valence-electron chi connectivity index (χ3n) is 4.20. The normalized spacial score (nSPS) is 10.6. The van der Waals surface area contributed by atoms with Crippen LogP contribution in [0.15, 0.2) is 58.8 Å². The molecule has 0 spiro atoms. The number of nitrogens with one attached hydrogen (secondary N) is 2. The molecule has 0 fully saturated rings. The number of phenolic OH excluding ortho intramolecular Hbond substituents is 1. The second-order valence-corrected chi connectivity index (χ2v) is 8.70. The molecule has 30 heavy (non-hydrogen) atoms. The molecule has 156 valence electrons. The molecular weight excluding hydrogens is 418 g/mol.